The molecule has 0 bridgehead atoms. The van der Waals surface area contributed by atoms with Crippen molar-refractivity contribution in [1.82, 2.24) is 9.97 Å². The fourth-order valence-corrected chi connectivity index (χ4v) is 2.83. The van der Waals surface area contributed by atoms with Crippen LogP contribution in [0.4, 0.5) is 0 Å². The van der Waals surface area contributed by atoms with Gasteiger partial charge >= 0.3 is 10.1 Å². The summed E-state index contributed by atoms with van der Waals surface area (Å²) in [5, 5.41) is 0.901. The van der Waals surface area contributed by atoms with E-state index >= 15 is 0 Å². The van der Waals surface area contributed by atoms with Crippen LogP contribution in [-0.2, 0) is 10.1 Å². The third-order valence-corrected chi connectivity index (χ3v) is 4.33. The highest BCUT2D eigenvalue weighted by atomic mass is 35.5. The van der Waals surface area contributed by atoms with Crippen molar-refractivity contribution in [3.05, 3.63) is 41.0 Å². The third kappa shape index (κ3) is 3.62. The van der Waals surface area contributed by atoms with Crippen molar-refractivity contribution >= 4 is 33.5 Å². The molecule has 0 N–H and O–H groups in total. The molecular weight excluding hydrogens is 320 g/mol. The first-order valence-electron chi connectivity index (χ1n) is 5.50. The van der Waals surface area contributed by atoms with Crippen molar-refractivity contribution in [3.8, 4) is 5.88 Å². The van der Waals surface area contributed by atoms with Crippen molar-refractivity contribution in [2.24, 2.45) is 0 Å². The number of hydrogen-bond acceptors (Lipinski definition) is 6. The maximum Gasteiger partial charge on any atom is 0.340 e. The standard InChI is InChI=1S/C12H11ClN2O3S2/c1-8-7-11(15-12(14-8)19-2)18-20(16,17)10-5-3-9(13)4-6-10/h3-7H,1-2H3. The quantitative estimate of drug-likeness (QED) is 0.487. The molecule has 0 unspecified atom stereocenters. The van der Waals surface area contributed by atoms with Gasteiger partial charge in [0, 0.05) is 16.8 Å². The van der Waals surface area contributed by atoms with Gasteiger partial charge in [-0.25, -0.2) is 4.98 Å². The minimum Gasteiger partial charge on any atom is -0.358 e. The summed E-state index contributed by atoms with van der Waals surface area (Å²) in [6, 6.07) is 7.18. The Labute approximate surface area is 126 Å². The van der Waals surface area contributed by atoms with E-state index in [1.54, 1.807) is 13.2 Å². The van der Waals surface area contributed by atoms with E-state index in [0.29, 0.717) is 15.9 Å². The number of hydrogen-bond donors (Lipinski definition) is 0. The molecule has 0 amide bonds. The van der Waals surface area contributed by atoms with Gasteiger partial charge in [-0.3, -0.25) is 0 Å². The summed E-state index contributed by atoms with van der Waals surface area (Å²) in [6.07, 6.45) is 1.80. The van der Waals surface area contributed by atoms with E-state index in [-0.39, 0.29) is 10.8 Å². The fraction of sp³-hybridized carbons (Fsp3) is 0.167. The van der Waals surface area contributed by atoms with Crippen LogP contribution < -0.4 is 4.18 Å². The molecule has 0 saturated carbocycles. The molecule has 0 aliphatic carbocycles. The van der Waals surface area contributed by atoms with Gasteiger partial charge in [-0.05, 0) is 37.4 Å². The van der Waals surface area contributed by atoms with Crippen LogP contribution in [0.25, 0.3) is 0 Å². The van der Waals surface area contributed by atoms with Crippen molar-refractivity contribution < 1.29 is 12.6 Å². The smallest absolute Gasteiger partial charge is 0.340 e. The molecule has 0 aliphatic rings. The predicted molar refractivity (Wildman–Crippen MR) is 77.8 cm³/mol. The minimum absolute atomic E-state index is 0.00296. The Morgan fingerprint density at radius 1 is 1.20 bits per heavy atom. The molecule has 0 saturated heterocycles. The highest BCUT2D eigenvalue weighted by Gasteiger charge is 2.18. The molecule has 106 valence electrons. The van der Waals surface area contributed by atoms with Crippen LogP contribution in [0.15, 0.2) is 40.4 Å². The Hall–Kier alpha value is -1.31. The predicted octanol–water partition coefficient (Wildman–Crippen LogP) is 2.93. The zero-order valence-corrected chi connectivity index (χ0v) is 13.1. The monoisotopic (exact) mass is 330 g/mol. The zero-order valence-electron chi connectivity index (χ0n) is 10.7. The highest BCUT2D eigenvalue weighted by molar-refractivity contribution is 7.98. The number of rotatable bonds is 4. The molecule has 0 radical (unpaired) electrons. The molecule has 1 aromatic carbocycles. The lowest BCUT2D eigenvalue weighted by molar-refractivity contribution is 0.471. The molecule has 5 nitrogen and oxygen atoms in total. The first-order chi connectivity index (χ1) is 9.40. The number of benzene rings is 1. The molecule has 8 heteroatoms. The van der Waals surface area contributed by atoms with Crippen molar-refractivity contribution in [2.45, 2.75) is 17.0 Å². The van der Waals surface area contributed by atoms with Gasteiger partial charge in [0.25, 0.3) is 0 Å². The van der Waals surface area contributed by atoms with Crippen molar-refractivity contribution in [2.75, 3.05) is 6.26 Å². The summed E-state index contributed by atoms with van der Waals surface area (Å²) in [5.41, 5.74) is 0.630. The van der Waals surface area contributed by atoms with E-state index in [2.05, 4.69) is 9.97 Å². The second-order valence-corrected chi connectivity index (χ2v) is 6.58. The Morgan fingerprint density at radius 3 is 2.45 bits per heavy atom. The summed E-state index contributed by atoms with van der Waals surface area (Å²) < 4.78 is 29.2. The molecule has 2 aromatic rings. The van der Waals surface area contributed by atoms with Crippen LogP contribution in [0.2, 0.25) is 5.02 Å². The average Bonchev–Trinajstić information content (AvgIpc) is 2.37. The van der Waals surface area contributed by atoms with Gasteiger partial charge in [0.2, 0.25) is 5.88 Å². The van der Waals surface area contributed by atoms with Gasteiger partial charge in [0.1, 0.15) is 4.90 Å². The first kappa shape index (κ1) is 15.1. The average molecular weight is 331 g/mol. The van der Waals surface area contributed by atoms with E-state index in [1.807, 2.05) is 0 Å². The molecule has 2 rings (SSSR count). The summed E-state index contributed by atoms with van der Waals surface area (Å²) in [5.74, 6) is -0.00296. The van der Waals surface area contributed by atoms with Crippen LogP contribution in [-0.4, -0.2) is 24.6 Å². The number of aromatic nitrogens is 2. The number of aryl methyl sites for hydroxylation is 1. The van der Waals surface area contributed by atoms with Gasteiger partial charge in [0.05, 0.1) is 0 Å². The fourth-order valence-electron chi connectivity index (χ4n) is 1.41. The highest BCUT2D eigenvalue weighted by Crippen LogP contribution is 2.21. The van der Waals surface area contributed by atoms with Gasteiger partial charge < -0.3 is 4.18 Å². The van der Waals surface area contributed by atoms with Crippen LogP contribution in [0, 0.1) is 6.92 Å². The number of nitrogens with zero attached hydrogens (tertiary/aromatic N) is 2. The second-order valence-electron chi connectivity index (χ2n) is 3.83. The van der Waals surface area contributed by atoms with Crippen molar-refractivity contribution in [1.29, 1.82) is 0 Å². The zero-order chi connectivity index (χ0) is 14.8. The summed E-state index contributed by atoms with van der Waals surface area (Å²) in [6.45, 7) is 1.74. The normalized spacial score (nSPS) is 11.3. The Balaban J connectivity index is 2.33. The second kappa shape index (κ2) is 5.99. The van der Waals surface area contributed by atoms with Crippen molar-refractivity contribution in [3.63, 3.8) is 0 Å². The maximum absolute atomic E-state index is 12.1. The van der Waals surface area contributed by atoms with Gasteiger partial charge in [-0.1, -0.05) is 23.4 Å². The number of thioether (sulfide) groups is 1. The third-order valence-electron chi connectivity index (χ3n) is 2.29. The van der Waals surface area contributed by atoms with E-state index in [9.17, 15) is 8.42 Å². The maximum atomic E-state index is 12.1. The largest absolute Gasteiger partial charge is 0.358 e. The molecule has 0 spiro atoms. The van der Waals surface area contributed by atoms with Crippen LogP contribution in [0.1, 0.15) is 5.69 Å². The lowest BCUT2D eigenvalue weighted by Gasteiger charge is -2.07. The van der Waals surface area contributed by atoms with E-state index < -0.39 is 10.1 Å². The Kier molecular flexibility index (Phi) is 4.52. The molecule has 0 aliphatic heterocycles. The topological polar surface area (TPSA) is 69.2 Å². The Morgan fingerprint density at radius 2 is 1.85 bits per heavy atom. The molecule has 20 heavy (non-hydrogen) atoms. The lowest BCUT2D eigenvalue weighted by atomic mass is 10.4. The van der Waals surface area contributed by atoms with Crippen LogP contribution in [0.3, 0.4) is 0 Å². The SMILES string of the molecule is CSc1nc(C)cc(OS(=O)(=O)c2ccc(Cl)cc2)n1. The molecule has 0 fully saturated rings. The molecular formula is C12H11ClN2O3S2. The number of halogens is 1. The van der Waals surface area contributed by atoms with Gasteiger partial charge in [0.15, 0.2) is 5.16 Å². The molecule has 1 heterocycles. The van der Waals surface area contributed by atoms with Gasteiger partial charge in [-0.2, -0.15) is 13.4 Å². The lowest BCUT2D eigenvalue weighted by Crippen LogP contribution is -2.11. The van der Waals surface area contributed by atoms with Crippen LogP contribution >= 0.6 is 23.4 Å². The summed E-state index contributed by atoms with van der Waals surface area (Å²) in [7, 11) is -3.93. The van der Waals surface area contributed by atoms with E-state index in [4.69, 9.17) is 15.8 Å². The van der Waals surface area contributed by atoms with E-state index in [0.717, 1.165) is 0 Å². The summed E-state index contributed by atoms with van der Waals surface area (Å²) >= 11 is 7.03. The van der Waals surface area contributed by atoms with Crippen LogP contribution in [0.5, 0.6) is 5.88 Å². The van der Waals surface area contributed by atoms with Gasteiger partial charge in [-0.15, -0.1) is 0 Å². The summed E-state index contributed by atoms with van der Waals surface area (Å²) in [4.78, 5) is 8.15. The van der Waals surface area contributed by atoms with E-state index in [1.165, 1.54) is 42.1 Å². The minimum atomic E-state index is -3.93. The molecule has 0 atom stereocenters. The Bertz CT molecular complexity index is 718. The molecule has 1 aromatic heterocycles. The first-order valence-corrected chi connectivity index (χ1v) is 8.51.